The molecule has 2 heterocycles. The van der Waals surface area contributed by atoms with Crippen LogP contribution in [-0.4, -0.2) is 68.5 Å². The molecule has 0 atom stereocenters. The average molecular weight is 513 g/mol. The fourth-order valence-electron chi connectivity index (χ4n) is 3.09. The van der Waals surface area contributed by atoms with Gasteiger partial charge in [0.05, 0.1) is 13.2 Å². The summed E-state index contributed by atoms with van der Waals surface area (Å²) in [6.45, 7) is 7.67. The van der Waals surface area contributed by atoms with Crippen molar-refractivity contribution in [1.82, 2.24) is 20.1 Å². The van der Waals surface area contributed by atoms with Gasteiger partial charge in [0.2, 0.25) is 0 Å². The number of nitrogens with one attached hydrogen (secondary N) is 2. The summed E-state index contributed by atoms with van der Waals surface area (Å²) in [5.41, 5.74) is 1.16. The molecule has 0 radical (unpaired) electrons. The Hall–Kier alpha value is -1.78. The molecule has 160 valence electrons. The standard InChI is InChI=1S/C21H31N5O2.HI/c1-22-21(23-7-10-25-8-2-3-9-25)24-18-19-5-4-6-20(17-19)28-16-13-26-11-14-27-15-12-26;/h2-6,8-9,17H,7,10-16,18H2,1H3,(H2,22,23,24);1H. The highest BCUT2D eigenvalue weighted by Crippen LogP contribution is 2.13. The lowest BCUT2D eigenvalue weighted by atomic mass is 10.2. The van der Waals surface area contributed by atoms with E-state index in [1.807, 2.05) is 24.3 Å². The van der Waals surface area contributed by atoms with Gasteiger partial charge in [-0.2, -0.15) is 0 Å². The van der Waals surface area contributed by atoms with Gasteiger partial charge < -0.3 is 24.7 Å². The summed E-state index contributed by atoms with van der Waals surface area (Å²) in [5, 5.41) is 6.69. The number of rotatable bonds is 9. The smallest absolute Gasteiger partial charge is 0.191 e. The molecule has 0 spiro atoms. The lowest BCUT2D eigenvalue weighted by molar-refractivity contribution is 0.0322. The van der Waals surface area contributed by atoms with E-state index < -0.39 is 0 Å². The minimum atomic E-state index is 0. The minimum Gasteiger partial charge on any atom is -0.492 e. The zero-order valence-electron chi connectivity index (χ0n) is 17.0. The van der Waals surface area contributed by atoms with Gasteiger partial charge >= 0.3 is 0 Å². The van der Waals surface area contributed by atoms with Gasteiger partial charge in [-0.3, -0.25) is 9.89 Å². The molecule has 1 saturated heterocycles. The van der Waals surface area contributed by atoms with Crippen LogP contribution in [0.25, 0.3) is 0 Å². The third-order valence-electron chi connectivity index (χ3n) is 4.69. The molecule has 3 rings (SSSR count). The third kappa shape index (κ3) is 8.63. The van der Waals surface area contributed by atoms with Gasteiger partial charge in [-0.05, 0) is 29.8 Å². The van der Waals surface area contributed by atoms with Crippen LogP contribution in [0.2, 0.25) is 0 Å². The van der Waals surface area contributed by atoms with Crippen molar-refractivity contribution in [2.45, 2.75) is 13.1 Å². The normalized spacial score (nSPS) is 14.9. The number of aliphatic imine (C=N–C) groups is 1. The van der Waals surface area contributed by atoms with Crippen molar-refractivity contribution in [2.24, 2.45) is 4.99 Å². The van der Waals surface area contributed by atoms with Crippen LogP contribution in [0.15, 0.2) is 53.8 Å². The molecule has 1 aliphatic heterocycles. The Morgan fingerprint density at radius 2 is 1.90 bits per heavy atom. The average Bonchev–Trinajstić information content (AvgIpc) is 3.25. The molecule has 29 heavy (non-hydrogen) atoms. The first-order chi connectivity index (χ1) is 13.8. The molecule has 0 aliphatic carbocycles. The molecular formula is C21H32IN5O2. The third-order valence-corrected chi connectivity index (χ3v) is 4.69. The van der Waals surface area contributed by atoms with Gasteiger partial charge in [0.1, 0.15) is 12.4 Å². The van der Waals surface area contributed by atoms with Crippen LogP contribution >= 0.6 is 24.0 Å². The van der Waals surface area contributed by atoms with Crippen molar-refractivity contribution in [2.75, 3.05) is 53.0 Å². The molecule has 1 aliphatic rings. The maximum absolute atomic E-state index is 5.93. The zero-order valence-corrected chi connectivity index (χ0v) is 19.4. The van der Waals surface area contributed by atoms with Crippen molar-refractivity contribution in [3.05, 3.63) is 54.4 Å². The van der Waals surface area contributed by atoms with Gasteiger partial charge in [0, 0.05) is 58.7 Å². The van der Waals surface area contributed by atoms with Crippen LogP contribution in [0.5, 0.6) is 5.75 Å². The fourth-order valence-corrected chi connectivity index (χ4v) is 3.09. The summed E-state index contributed by atoms with van der Waals surface area (Å²) >= 11 is 0. The molecule has 0 amide bonds. The highest BCUT2D eigenvalue weighted by Gasteiger charge is 2.09. The van der Waals surface area contributed by atoms with E-state index in [0.717, 1.165) is 63.2 Å². The number of guanidine groups is 1. The number of hydrogen-bond acceptors (Lipinski definition) is 4. The second-order valence-corrected chi connectivity index (χ2v) is 6.72. The van der Waals surface area contributed by atoms with Gasteiger partial charge in [-0.25, -0.2) is 0 Å². The van der Waals surface area contributed by atoms with E-state index in [9.17, 15) is 0 Å². The summed E-state index contributed by atoms with van der Waals surface area (Å²) in [5.74, 6) is 1.70. The Morgan fingerprint density at radius 3 is 2.66 bits per heavy atom. The van der Waals surface area contributed by atoms with Crippen molar-refractivity contribution >= 4 is 29.9 Å². The highest BCUT2D eigenvalue weighted by molar-refractivity contribution is 14.0. The Labute approximate surface area is 190 Å². The van der Waals surface area contributed by atoms with Crippen LogP contribution in [0.4, 0.5) is 0 Å². The molecule has 0 unspecified atom stereocenters. The monoisotopic (exact) mass is 513 g/mol. The quantitative estimate of drug-likeness (QED) is 0.306. The molecule has 2 N–H and O–H groups in total. The number of nitrogens with zero attached hydrogens (tertiary/aromatic N) is 3. The number of benzene rings is 1. The van der Waals surface area contributed by atoms with Crippen LogP contribution in [0.1, 0.15) is 5.56 Å². The number of morpholine rings is 1. The first-order valence-corrected chi connectivity index (χ1v) is 9.90. The number of halogens is 1. The van der Waals surface area contributed by atoms with E-state index >= 15 is 0 Å². The SMILES string of the molecule is CN=C(NCCn1cccc1)NCc1cccc(OCCN2CCOCC2)c1.I. The van der Waals surface area contributed by atoms with Crippen molar-refractivity contribution < 1.29 is 9.47 Å². The molecule has 8 heteroatoms. The zero-order chi connectivity index (χ0) is 19.4. The van der Waals surface area contributed by atoms with Gasteiger partial charge in [-0.15, -0.1) is 24.0 Å². The van der Waals surface area contributed by atoms with E-state index in [-0.39, 0.29) is 24.0 Å². The lowest BCUT2D eigenvalue weighted by Crippen LogP contribution is -2.38. The molecule has 1 aromatic carbocycles. The number of hydrogen-bond donors (Lipinski definition) is 2. The first kappa shape index (κ1) is 23.5. The minimum absolute atomic E-state index is 0. The van der Waals surface area contributed by atoms with E-state index in [4.69, 9.17) is 9.47 Å². The molecule has 0 saturated carbocycles. The van der Waals surface area contributed by atoms with Crippen LogP contribution in [-0.2, 0) is 17.8 Å². The molecule has 7 nitrogen and oxygen atoms in total. The largest absolute Gasteiger partial charge is 0.492 e. The van der Waals surface area contributed by atoms with E-state index in [0.29, 0.717) is 13.2 Å². The second kappa shape index (κ2) is 13.4. The van der Waals surface area contributed by atoms with Crippen molar-refractivity contribution in [3.63, 3.8) is 0 Å². The summed E-state index contributed by atoms with van der Waals surface area (Å²) in [6.07, 6.45) is 4.12. The maximum Gasteiger partial charge on any atom is 0.191 e. The Bertz CT molecular complexity index is 718. The van der Waals surface area contributed by atoms with E-state index in [1.54, 1.807) is 7.05 Å². The summed E-state index contributed by atoms with van der Waals surface area (Å²) in [7, 11) is 1.79. The molecule has 0 bridgehead atoms. The van der Waals surface area contributed by atoms with Crippen molar-refractivity contribution in [3.8, 4) is 5.75 Å². The van der Waals surface area contributed by atoms with Gasteiger partial charge in [-0.1, -0.05) is 12.1 Å². The van der Waals surface area contributed by atoms with Crippen molar-refractivity contribution in [1.29, 1.82) is 0 Å². The summed E-state index contributed by atoms with van der Waals surface area (Å²) < 4.78 is 13.4. The Morgan fingerprint density at radius 1 is 1.10 bits per heavy atom. The predicted octanol–water partition coefficient (Wildman–Crippen LogP) is 2.18. The Balaban J connectivity index is 0.00000300. The molecular weight excluding hydrogens is 481 g/mol. The van der Waals surface area contributed by atoms with E-state index in [2.05, 4.69) is 49.6 Å². The van der Waals surface area contributed by atoms with E-state index in [1.165, 1.54) is 0 Å². The summed E-state index contributed by atoms with van der Waals surface area (Å²) in [4.78, 5) is 6.66. The second-order valence-electron chi connectivity index (χ2n) is 6.72. The van der Waals surface area contributed by atoms with Gasteiger partial charge in [0.15, 0.2) is 5.96 Å². The predicted molar refractivity (Wildman–Crippen MR) is 127 cm³/mol. The molecule has 2 aromatic rings. The van der Waals surface area contributed by atoms with Crippen LogP contribution in [0.3, 0.4) is 0 Å². The lowest BCUT2D eigenvalue weighted by Gasteiger charge is -2.26. The van der Waals surface area contributed by atoms with Crippen LogP contribution in [0, 0.1) is 0 Å². The van der Waals surface area contributed by atoms with Crippen LogP contribution < -0.4 is 15.4 Å². The maximum atomic E-state index is 5.93. The molecule has 1 fully saturated rings. The topological polar surface area (TPSA) is 63.0 Å². The summed E-state index contributed by atoms with van der Waals surface area (Å²) in [6, 6.07) is 12.3. The Kier molecular flexibility index (Phi) is 10.9. The highest BCUT2D eigenvalue weighted by atomic mass is 127. The van der Waals surface area contributed by atoms with Gasteiger partial charge in [0.25, 0.3) is 0 Å². The first-order valence-electron chi connectivity index (χ1n) is 9.90. The fraction of sp³-hybridized carbons (Fsp3) is 0.476. The molecule has 1 aromatic heterocycles. The number of ether oxygens (including phenoxy) is 2. The number of aromatic nitrogens is 1.